The Morgan fingerprint density at radius 2 is 2.31 bits per heavy atom. The van der Waals surface area contributed by atoms with Crippen LogP contribution in [-0.4, -0.2) is 16.2 Å². The predicted octanol–water partition coefficient (Wildman–Crippen LogP) is 2.28. The first kappa shape index (κ1) is 9.73. The van der Waals surface area contributed by atoms with Gasteiger partial charge in [-0.3, -0.25) is 15.5 Å². The van der Waals surface area contributed by atoms with Gasteiger partial charge >= 0.3 is 0 Å². The molecular formula is C8H8N2O2S. The third-order valence-electron chi connectivity index (χ3n) is 1.52. The van der Waals surface area contributed by atoms with Gasteiger partial charge in [0.25, 0.3) is 5.69 Å². The maximum atomic E-state index is 10.4. The number of nitrogens with one attached hydrogen (secondary N) is 1. The number of non-ortho nitro benzene ring substituents is 1. The molecule has 0 aliphatic rings. The third-order valence-corrected chi connectivity index (χ3v) is 2.17. The molecule has 0 radical (unpaired) electrons. The third kappa shape index (κ3) is 2.29. The van der Waals surface area contributed by atoms with Crippen LogP contribution in [0, 0.1) is 15.5 Å². The van der Waals surface area contributed by atoms with Crippen LogP contribution in [0.2, 0.25) is 0 Å². The number of nitrogens with zero attached hydrogens (tertiary/aromatic N) is 1. The Bertz CT molecular complexity index is 352. The highest BCUT2D eigenvalue weighted by molar-refractivity contribution is 8.13. The molecule has 0 fully saturated rings. The molecule has 0 aliphatic carbocycles. The van der Waals surface area contributed by atoms with Crippen molar-refractivity contribution in [2.45, 2.75) is 0 Å². The average molecular weight is 196 g/mol. The molecule has 0 unspecified atom stereocenters. The van der Waals surface area contributed by atoms with Crippen LogP contribution in [0.3, 0.4) is 0 Å². The average Bonchev–Trinajstić information content (AvgIpc) is 2.17. The Balaban J connectivity index is 3.05. The summed E-state index contributed by atoms with van der Waals surface area (Å²) >= 11 is 1.26. The molecule has 0 heterocycles. The van der Waals surface area contributed by atoms with Gasteiger partial charge in [0.15, 0.2) is 0 Å². The molecule has 1 aromatic rings. The maximum Gasteiger partial charge on any atom is 0.270 e. The molecule has 0 aromatic heterocycles. The summed E-state index contributed by atoms with van der Waals surface area (Å²) in [5.74, 6) is 0. The highest BCUT2D eigenvalue weighted by atomic mass is 32.2. The van der Waals surface area contributed by atoms with Crippen molar-refractivity contribution in [3.05, 3.63) is 39.9 Å². The second-order valence-electron chi connectivity index (χ2n) is 2.34. The van der Waals surface area contributed by atoms with Gasteiger partial charge < -0.3 is 0 Å². The second-order valence-corrected chi connectivity index (χ2v) is 3.16. The van der Waals surface area contributed by atoms with E-state index in [4.69, 9.17) is 5.41 Å². The molecule has 0 spiro atoms. The van der Waals surface area contributed by atoms with Crippen molar-refractivity contribution >= 4 is 22.5 Å². The highest BCUT2D eigenvalue weighted by Crippen LogP contribution is 2.16. The van der Waals surface area contributed by atoms with Crippen LogP contribution in [-0.2, 0) is 0 Å². The Morgan fingerprint density at radius 3 is 2.85 bits per heavy atom. The number of thioether (sulfide) groups is 1. The quantitative estimate of drug-likeness (QED) is 0.341. The van der Waals surface area contributed by atoms with E-state index in [1.807, 2.05) is 0 Å². The minimum Gasteiger partial charge on any atom is -0.293 e. The highest BCUT2D eigenvalue weighted by Gasteiger charge is 2.07. The molecule has 4 nitrogen and oxygen atoms in total. The minimum atomic E-state index is -0.461. The van der Waals surface area contributed by atoms with E-state index < -0.39 is 4.92 Å². The Hall–Kier alpha value is -1.36. The van der Waals surface area contributed by atoms with Crippen LogP contribution in [0.5, 0.6) is 0 Å². The first-order chi connectivity index (χ1) is 6.15. The lowest BCUT2D eigenvalue weighted by Crippen LogP contribution is -1.94. The first-order valence-electron chi connectivity index (χ1n) is 3.52. The van der Waals surface area contributed by atoms with E-state index in [1.165, 1.54) is 23.9 Å². The smallest absolute Gasteiger partial charge is 0.270 e. The zero-order valence-corrected chi connectivity index (χ0v) is 7.80. The lowest BCUT2D eigenvalue weighted by Gasteiger charge is -1.98. The van der Waals surface area contributed by atoms with E-state index in [9.17, 15) is 10.1 Å². The van der Waals surface area contributed by atoms with Crippen molar-refractivity contribution in [1.29, 1.82) is 5.41 Å². The largest absolute Gasteiger partial charge is 0.293 e. The van der Waals surface area contributed by atoms with Crippen molar-refractivity contribution in [2.75, 3.05) is 6.26 Å². The van der Waals surface area contributed by atoms with Crippen molar-refractivity contribution in [1.82, 2.24) is 0 Å². The van der Waals surface area contributed by atoms with Gasteiger partial charge in [0.05, 0.1) is 9.97 Å². The normalized spacial score (nSPS) is 9.62. The molecule has 1 rings (SSSR count). The Kier molecular flexibility index (Phi) is 3.02. The van der Waals surface area contributed by atoms with Crippen LogP contribution in [0.4, 0.5) is 5.69 Å². The number of nitro benzene ring substituents is 1. The van der Waals surface area contributed by atoms with Gasteiger partial charge in [-0.25, -0.2) is 0 Å². The summed E-state index contributed by atoms with van der Waals surface area (Å²) in [6.07, 6.45) is 1.77. The van der Waals surface area contributed by atoms with Gasteiger partial charge in [-0.2, -0.15) is 0 Å². The Labute approximate surface area is 79.6 Å². The van der Waals surface area contributed by atoms with Gasteiger partial charge in [-0.1, -0.05) is 12.1 Å². The molecule has 5 heteroatoms. The molecule has 0 saturated heterocycles. The molecule has 1 N–H and O–H groups in total. The number of benzene rings is 1. The molecule has 0 atom stereocenters. The zero-order valence-electron chi connectivity index (χ0n) is 6.98. The molecular weight excluding hydrogens is 188 g/mol. The number of hydrogen-bond acceptors (Lipinski definition) is 4. The van der Waals surface area contributed by atoms with Crippen LogP contribution in [0.25, 0.3) is 0 Å². The van der Waals surface area contributed by atoms with Gasteiger partial charge in [0.1, 0.15) is 0 Å². The van der Waals surface area contributed by atoms with Crippen LogP contribution in [0.1, 0.15) is 5.56 Å². The van der Waals surface area contributed by atoms with E-state index in [0.717, 1.165) is 0 Å². The van der Waals surface area contributed by atoms with E-state index in [-0.39, 0.29) is 5.69 Å². The van der Waals surface area contributed by atoms with Gasteiger partial charge in [0, 0.05) is 17.7 Å². The standard InChI is InChI=1S/C8H8N2O2S/c1-13-8(9)6-3-2-4-7(5-6)10(11)12/h2-5,9H,1H3. The lowest BCUT2D eigenvalue weighted by molar-refractivity contribution is -0.384. The molecule has 13 heavy (non-hydrogen) atoms. The lowest BCUT2D eigenvalue weighted by atomic mass is 10.2. The fraction of sp³-hybridized carbons (Fsp3) is 0.125. The second kappa shape index (κ2) is 4.04. The van der Waals surface area contributed by atoms with Crippen molar-refractivity contribution < 1.29 is 4.92 Å². The predicted molar refractivity (Wildman–Crippen MR) is 53.4 cm³/mol. The fourth-order valence-corrected chi connectivity index (χ4v) is 1.24. The van der Waals surface area contributed by atoms with Crippen LogP contribution >= 0.6 is 11.8 Å². The van der Waals surface area contributed by atoms with Crippen LogP contribution in [0.15, 0.2) is 24.3 Å². The Morgan fingerprint density at radius 1 is 1.62 bits per heavy atom. The van der Waals surface area contributed by atoms with Gasteiger partial charge in [-0.05, 0) is 6.26 Å². The van der Waals surface area contributed by atoms with Crippen molar-refractivity contribution in [3.63, 3.8) is 0 Å². The van der Waals surface area contributed by atoms with Gasteiger partial charge in [-0.15, -0.1) is 11.8 Å². The summed E-state index contributed by atoms with van der Waals surface area (Å²) in [6, 6.07) is 6.08. The summed E-state index contributed by atoms with van der Waals surface area (Å²) in [5, 5.41) is 18.2. The summed E-state index contributed by atoms with van der Waals surface area (Å²) < 4.78 is 0. The molecule has 1 aromatic carbocycles. The summed E-state index contributed by atoms with van der Waals surface area (Å²) in [5.41, 5.74) is 0.609. The van der Waals surface area contributed by atoms with E-state index in [0.29, 0.717) is 10.6 Å². The monoisotopic (exact) mass is 196 g/mol. The fourth-order valence-electron chi connectivity index (χ4n) is 0.879. The topological polar surface area (TPSA) is 67.0 Å². The number of hydrogen-bond donors (Lipinski definition) is 1. The van der Waals surface area contributed by atoms with E-state index in [2.05, 4.69) is 0 Å². The number of rotatable bonds is 2. The summed E-state index contributed by atoms with van der Waals surface area (Å²) in [4.78, 5) is 9.93. The first-order valence-corrected chi connectivity index (χ1v) is 4.75. The van der Waals surface area contributed by atoms with Crippen molar-refractivity contribution in [2.24, 2.45) is 0 Å². The van der Waals surface area contributed by atoms with Crippen molar-refractivity contribution in [3.8, 4) is 0 Å². The van der Waals surface area contributed by atoms with E-state index >= 15 is 0 Å². The van der Waals surface area contributed by atoms with Crippen LogP contribution < -0.4 is 0 Å². The van der Waals surface area contributed by atoms with Gasteiger partial charge in [0.2, 0.25) is 0 Å². The molecule has 0 aliphatic heterocycles. The molecule has 68 valence electrons. The minimum absolute atomic E-state index is 0.0244. The maximum absolute atomic E-state index is 10.4. The molecule has 0 amide bonds. The van der Waals surface area contributed by atoms with E-state index in [1.54, 1.807) is 18.4 Å². The molecule has 0 saturated carbocycles. The number of nitro groups is 1. The molecule has 0 bridgehead atoms. The zero-order chi connectivity index (χ0) is 9.84. The SMILES string of the molecule is CSC(=N)c1cccc([N+](=O)[O-])c1. The summed E-state index contributed by atoms with van der Waals surface area (Å²) in [7, 11) is 0. The summed E-state index contributed by atoms with van der Waals surface area (Å²) in [6.45, 7) is 0.